The highest BCUT2D eigenvalue weighted by molar-refractivity contribution is 5.91. The number of benzene rings is 2. The van der Waals surface area contributed by atoms with Gasteiger partial charge in [0.15, 0.2) is 0 Å². The van der Waals surface area contributed by atoms with E-state index in [1.54, 1.807) is 16.8 Å². The first kappa shape index (κ1) is 20.3. The highest BCUT2D eigenvalue weighted by Crippen LogP contribution is 2.26. The van der Waals surface area contributed by atoms with Gasteiger partial charge in [-0.3, -0.25) is 14.9 Å². The second-order valence-corrected chi connectivity index (χ2v) is 8.06. The maximum absolute atomic E-state index is 12.6. The minimum Gasteiger partial charge on any atom is -0.310 e. The summed E-state index contributed by atoms with van der Waals surface area (Å²) in [5.74, 6) is 0.376. The van der Waals surface area contributed by atoms with Crippen molar-refractivity contribution >= 4 is 17.4 Å². The Labute approximate surface area is 169 Å². The van der Waals surface area contributed by atoms with Crippen LogP contribution in [0.25, 0.3) is 5.69 Å². The molecular formula is C22H24N4O3. The minimum atomic E-state index is -0.460. The quantitative estimate of drug-likeness (QED) is 0.509. The van der Waals surface area contributed by atoms with Crippen LogP contribution in [-0.2, 0) is 16.6 Å². The normalized spacial score (nSPS) is 11.3. The summed E-state index contributed by atoms with van der Waals surface area (Å²) in [5, 5.41) is 18.4. The zero-order valence-electron chi connectivity index (χ0n) is 17.0. The fourth-order valence-electron chi connectivity index (χ4n) is 2.90. The van der Waals surface area contributed by atoms with Crippen molar-refractivity contribution in [2.75, 3.05) is 5.32 Å². The molecule has 7 heteroatoms. The van der Waals surface area contributed by atoms with Crippen LogP contribution in [-0.4, -0.2) is 20.6 Å². The number of nitro groups is 1. The molecule has 2 aromatic carbocycles. The van der Waals surface area contributed by atoms with Gasteiger partial charge < -0.3 is 5.32 Å². The molecule has 0 saturated carbocycles. The van der Waals surface area contributed by atoms with Gasteiger partial charge in [0.25, 0.3) is 5.69 Å². The summed E-state index contributed by atoms with van der Waals surface area (Å²) in [5.41, 5.74) is 3.36. The van der Waals surface area contributed by atoms with Crippen molar-refractivity contribution in [3.8, 4) is 5.69 Å². The summed E-state index contributed by atoms with van der Waals surface area (Å²) >= 11 is 0. The van der Waals surface area contributed by atoms with E-state index in [4.69, 9.17) is 5.10 Å². The first-order chi connectivity index (χ1) is 13.6. The first-order valence-electron chi connectivity index (χ1n) is 9.34. The molecule has 0 unspecified atom stereocenters. The number of hydrogen-bond donors (Lipinski definition) is 1. The molecule has 150 valence electrons. The van der Waals surface area contributed by atoms with E-state index in [9.17, 15) is 14.9 Å². The van der Waals surface area contributed by atoms with Crippen LogP contribution in [0.5, 0.6) is 0 Å². The molecule has 7 nitrogen and oxygen atoms in total. The van der Waals surface area contributed by atoms with Crippen molar-refractivity contribution in [2.24, 2.45) is 0 Å². The lowest BCUT2D eigenvalue weighted by Gasteiger charge is -2.14. The van der Waals surface area contributed by atoms with Gasteiger partial charge in [-0.25, -0.2) is 4.68 Å². The number of carbonyl (C=O) groups excluding carboxylic acids is 1. The topological polar surface area (TPSA) is 90.1 Å². The summed E-state index contributed by atoms with van der Waals surface area (Å²) in [4.78, 5) is 22.9. The van der Waals surface area contributed by atoms with Gasteiger partial charge in [-0.15, -0.1) is 0 Å². The lowest BCUT2D eigenvalue weighted by atomic mass is 9.92. The molecular weight excluding hydrogens is 368 g/mol. The van der Waals surface area contributed by atoms with Crippen LogP contribution >= 0.6 is 0 Å². The number of anilines is 1. The van der Waals surface area contributed by atoms with Crippen LogP contribution in [0.3, 0.4) is 0 Å². The summed E-state index contributed by atoms with van der Waals surface area (Å²) < 4.78 is 1.74. The van der Waals surface area contributed by atoms with Crippen molar-refractivity contribution in [3.63, 3.8) is 0 Å². The SMILES string of the molecule is Cc1cccc(-n2nc(C(C)(C)C)cc2NC(=O)Cc2ccc([N+](=O)[O-])cc2)c1. The lowest BCUT2D eigenvalue weighted by molar-refractivity contribution is -0.384. The summed E-state index contributed by atoms with van der Waals surface area (Å²) in [6.07, 6.45) is 0.113. The van der Waals surface area contributed by atoms with E-state index in [2.05, 4.69) is 26.1 Å². The predicted octanol–water partition coefficient (Wildman–Crippen LogP) is 4.57. The smallest absolute Gasteiger partial charge is 0.269 e. The summed E-state index contributed by atoms with van der Waals surface area (Å²) in [7, 11) is 0. The minimum absolute atomic E-state index is 0.00139. The molecule has 29 heavy (non-hydrogen) atoms. The van der Waals surface area contributed by atoms with Gasteiger partial charge >= 0.3 is 0 Å². The van der Waals surface area contributed by atoms with Crippen molar-refractivity contribution in [1.29, 1.82) is 0 Å². The molecule has 0 aliphatic heterocycles. The van der Waals surface area contributed by atoms with Gasteiger partial charge in [-0.05, 0) is 30.2 Å². The third-order valence-corrected chi connectivity index (χ3v) is 4.50. The van der Waals surface area contributed by atoms with Gasteiger partial charge in [0.1, 0.15) is 5.82 Å². The average molecular weight is 392 g/mol. The third kappa shape index (κ3) is 4.87. The summed E-state index contributed by atoms with van der Waals surface area (Å²) in [6.45, 7) is 8.21. The van der Waals surface area contributed by atoms with E-state index >= 15 is 0 Å². The number of rotatable bonds is 5. The molecule has 0 aliphatic carbocycles. The first-order valence-corrected chi connectivity index (χ1v) is 9.34. The average Bonchev–Trinajstić information content (AvgIpc) is 3.06. The van der Waals surface area contributed by atoms with Crippen molar-refractivity contribution < 1.29 is 9.72 Å². The summed E-state index contributed by atoms with van der Waals surface area (Å²) in [6, 6.07) is 15.8. The van der Waals surface area contributed by atoms with E-state index in [0.717, 1.165) is 16.9 Å². The Morgan fingerprint density at radius 1 is 1.14 bits per heavy atom. The number of aryl methyl sites for hydroxylation is 1. The van der Waals surface area contributed by atoms with Crippen molar-refractivity contribution in [2.45, 2.75) is 39.5 Å². The van der Waals surface area contributed by atoms with E-state index in [1.807, 2.05) is 37.3 Å². The number of nitrogens with one attached hydrogen (secondary N) is 1. The molecule has 3 aromatic rings. The van der Waals surface area contributed by atoms with Crippen LogP contribution in [0.1, 0.15) is 37.6 Å². The highest BCUT2D eigenvalue weighted by Gasteiger charge is 2.21. The lowest BCUT2D eigenvalue weighted by Crippen LogP contribution is -2.17. The molecule has 3 rings (SSSR count). The monoisotopic (exact) mass is 392 g/mol. The molecule has 0 bridgehead atoms. The Kier molecular flexibility index (Phi) is 5.50. The molecule has 1 amide bonds. The standard InChI is InChI=1S/C22H24N4O3/c1-15-6-5-7-18(12-15)25-20(14-19(24-25)22(2,3)4)23-21(27)13-16-8-10-17(11-9-16)26(28)29/h5-12,14H,13H2,1-4H3,(H,23,27). The number of nitro benzene ring substituents is 1. The molecule has 1 heterocycles. The zero-order chi connectivity index (χ0) is 21.2. The second kappa shape index (κ2) is 7.87. The highest BCUT2D eigenvalue weighted by atomic mass is 16.6. The van der Waals surface area contributed by atoms with Gasteiger partial charge in [0.2, 0.25) is 5.91 Å². The maximum atomic E-state index is 12.6. The number of nitrogens with zero attached hydrogens (tertiary/aromatic N) is 3. The fraction of sp³-hybridized carbons (Fsp3) is 0.273. The van der Waals surface area contributed by atoms with Crippen molar-refractivity contribution in [3.05, 3.63) is 81.5 Å². The number of amides is 1. The van der Waals surface area contributed by atoms with Gasteiger partial charge in [-0.2, -0.15) is 5.10 Å². The van der Waals surface area contributed by atoms with E-state index < -0.39 is 4.92 Å². The van der Waals surface area contributed by atoms with Gasteiger partial charge in [-0.1, -0.05) is 45.0 Å². The molecule has 0 aliphatic rings. The van der Waals surface area contributed by atoms with Gasteiger partial charge in [0, 0.05) is 23.6 Å². The number of aromatic nitrogens is 2. The van der Waals surface area contributed by atoms with Gasteiger partial charge in [0.05, 0.1) is 22.7 Å². The zero-order valence-corrected chi connectivity index (χ0v) is 17.0. The third-order valence-electron chi connectivity index (χ3n) is 4.50. The predicted molar refractivity (Wildman–Crippen MR) is 112 cm³/mol. The maximum Gasteiger partial charge on any atom is 0.269 e. The number of carbonyl (C=O) groups is 1. The second-order valence-electron chi connectivity index (χ2n) is 8.06. The Morgan fingerprint density at radius 3 is 2.41 bits per heavy atom. The van der Waals surface area contributed by atoms with E-state index in [-0.39, 0.29) is 23.4 Å². The largest absolute Gasteiger partial charge is 0.310 e. The van der Waals surface area contributed by atoms with E-state index in [1.165, 1.54) is 12.1 Å². The van der Waals surface area contributed by atoms with Crippen molar-refractivity contribution in [1.82, 2.24) is 9.78 Å². The van der Waals surface area contributed by atoms with Crippen LogP contribution in [0.4, 0.5) is 11.5 Å². The molecule has 0 atom stereocenters. The van der Waals surface area contributed by atoms with Crippen LogP contribution in [0.15, 0.2) is 54.6 Å². The Hall–Kier alpha value is -3.48. The number of hydrogen-bond acceptors (Lipinski definition) is 4. The molecule has 0 fully saturated rings. The molecule has 1 N–H and O–H groups in total. The van der Waals surface area contributed by atoms with Crippen LogP contribution in [0.2, 0.25) is 0 Å². The molecule has 0 spiro atoms. The molecule has 0 saturated heterocycles. The Bertz CT molecular complexity index is 1050. The number of non-ortho nitro benzene ring substituents is 1. The Morgan fingerprint density at radius 2 is 1.83 bits per heavy atom. The fourth-order valence-corrected chi connectivity index (χ4v) is 2.90. The van der Waals surface area contributed by atoms with Crippen LogP contribution in [0, 0.1) is 17.0 Å². The Balaban J connectivity index is 1.86. The van der Waals surface area contributed by atoms with E-state index in [0.29, 0.717) is 11.4 Å². The van der Waals surface area contributed by atoms with Crippen LogP contribution < -0.4 is 5.32 Å². The molecule has 0 radical (unpaired) electrons. The molecule has 1 aromatic heterocycles.